The third-order valence-electron chi connectivity index (χ3n) is 3.42. The van der Waals surface area contributed by atoms with Gasteiger partial charge < -0.3 is 5.11 Å². The first-order chi connectivity index (χ1) is 9.58. The minimum absolute atomic E-state index is 0.527. The molecule has 0 fully saturated rings. The third kappa shape index (κ3) is 2.96. The van der Waals surface area contributed by atoms with Gasteiger partial charge in [-0.05, 0) is 34.8 Å². The summed E-state index contributed by atoms with van der Waals surface area (Å²) in [7, 11) is 1.91. The second-order valence-corrected chi connectivity index (χ2v) is 5.68. The van der Waals surface area contributed by atoms with Crippen LogP contribution in [0.5, 0.6) is 0 Å². The first-order valence-electron chi connectivity index (χ1n) is 6.98. The summed E-state index contributed by atoms with van der Waals surface area (Å²) < 4.78 is 4.71. The van der Waals surface area contributed by atoms with Crippen LogP contribution in [0.4, 0.5) is 0 Å². The van der Waals surface area contributed by atoms with Gasteiger partial charge in [-0.3, -0.25) is 9.36 Å². The molecule has 6 heteroatoms. The Bertz CT molecular complexity index is 576. The van der Waals surface area contributed by atoms with E-state index in [0.29, 0.717) is 6.42 Å². The molecule has 0 aliphatic rings. The predicted molar refractivity (Wildman–Crippen MR) is 81.5 cm³/mol. The first kappa shape index (κ1) is 15.3. The molecule has 5 nitrogen and oxygen atoms in total. The standard InChI is InChI=1S/C14H21BrN4O/c1-4-8-19-11(6-7-16-19)13(20)9-12-14(15)10(5-2)17-18(12)3/h6-7,13,20H,4-5,8-9H2,1-3H3. The molecule has 20 heavy (non-hydrogen) atoms. The predicted octanol–water partition coefficient (Wildman–Crippen LogP) is 2.63. The molecule has 0 aliphatic carbocycles. The van der Waals surface area contributed by atoms with Crippen molar-refractivity contribution < 1.29 is 5.11 Å². The number of aromatic nitrogens is 4. The maximum absolute atomic E-state index is 10.5. The first-order valence-corrected chi connectivity index (χ1v) is 7.77. The molecule has 0 amide bonds. The molecule has 2 aromatic rings. The average Bonchev–Trinajstić information content (AvgIpc) is 2.98. The Morgan fingerprint density at radius 3 is 2.75 bits per heavy atom. The van der Waals surface area contributed by atoms with E-state index in [4.69, 9.17) is 0 Å². The highest BCUT2D eigenvalue weighted by Crippen LogP contribution is 2.26. The van der Waals surface area contributed by atoms with E-state index in [9.17, 15) is 5.11 Å². The fraction of sp³-hybridized carbons (Fsp3) is 0.571. The molecule has 0 saturated carbocycles. The van der Waals surface area contributed by atoms with E-state index in [-0.39, 0.29) is 0 Å². The molecule has 0 radical (unpaired) electrons. The van der Waals surface area contributed by atoms with Crippen molar-refractivity contribution in [2.45, 2.75) is 45.8 Å². The van der Waals surface area contributed by atoms with Crippen LogP contribution in [0, 0.1) is 0 Å². The lowest BCUT2D eigenvalue weighted by Gasteiger charge is -2.13. The fourth-order valence-electron chi connectivity index (χ4n) is 2.35. The molecular formula is C14H21BrN4O. The van der Waals surface area contributed by atoms with Crippen LogP contribution in [0.2, 0.25) is 0 Å². The second kappa shape index (κ2) is 6.54. The number of rotatable bonds is 6. The molecule has 110 valence electrons. The van der Waals surface area contributed by atoms with Gasteiger partial charge in [-0.25, -0.2) is 0 Å². The molecule has 0 aliphatic heterocycles. The Kier molecular flexibility index (Phi) is 4.99. The maximum atomic E-state index is 10.5. The highest BCUT2D eigenvalue weighted by Gasteiger charge is 2.19. The zero-order chi connectivity index (χ0) is 14.7. The number of hydrogen-bond donors (Lipinski definition) is 1. The lowest BCUT2D eigenvalue weighted by atomic mass is 10.1. The summed E-state index contributed by atoms with van der Waals surface area (Å²) in [5, 5.41) is 19.2. The Morgan fingerprint density at radius 2 is 2.15 bits per heavy atom. The topological polar surface area (TPSA) is 55.9 Å². The summed E-state index contributed by atoms with van der Waals surface area (Å²) in [6.07, 6.45) is 3.57. The van der Waals surface area contributed by atoms with Gasteiger partial charge in [0.2, 0.25) is 0 Å². The molecule has 0 bridgehead atoms. The van der Waals surface area contributed by atoms with Crippen molar-refractivity contribution in [1.82, 2.24) is 19.6 Å². The van der Waals surface area contributed by atoms with E-state index in [1.165, 1.54) is 0 Å². The van der Waals surface area contributed by atoms with E-state index in [1.54, 1.807) is 6.20 Å². The van der Waals surface area contributed by atoms with E-state index in [0.717, 1.165) is 40.9 Å². The van der Waals surface area contributed by atoms with Crippen LogP contribution in [-0.2, 0) is 26.4 Å². The highest BCUT2D eigenvalue weighted by atomic mass is 79.9. The Hall–Kier alpha value is -1.14. The van der Waals surface area contributed by atoms with Crippen molar-refractivity contribution in [3.05, 3.63) is 33.8 Å². The smallest absolute Gasteiger partial charge is 0.101 e. The largest absolute Gasteiger partial charge is 0.386 e. The summed E-state index contributed by atoms with van der Waals surface area (Å²) in [6.45, 7) is 5.00. The van der Waals surface area contributed by atoms with Gasteiger partial charge in [0.25, 0.3) is 0 Å². The number of aliphatic hydroxyl groups is 1. The molecule has 2 aromatic heterocycles. The number of aryl methyl sites for hydroxylation is 3. The van der Waals surface area contributed by atoms with Gasteiger partial charge in [0.05, 0.1) is 21.6 Å². The van der Waals surface area contributed by atoms with E-state index >= 15 is 0 Å². The van der Waals surface area contributed by atoms with Crippen LogP contribution < -0.4 is 0 Å². The van der Waals surface area contributed by atoms with Crippen LogP contribution in [0.25, 0.3) is 0 Å². The number of nitrogens with zero attached hydrogens (tertiary/aromatic N) is 4. The van der Waals surface area contributed by atoms with Gasteiger partial charge in [0.1, 0.15) is 6.10 Å². The van der Waals surface area contributed by atoms with E-state index in [2.05, 4.69) is 40.0 Å². The molecule has 1 unspecified atom stereocenters. The zero-order valence-electron chi connectivity index (χ0n) is 12.2. The SMILES string of the molecule is CCCn1nccc1C(O)Cc1c(Br)c(CC)nn1C. The highest BCUT2D eigenvalue weighted by molar-refractivity contribution is 9.10. The minimum Gasteiger partial charge on any atom is -0.386 e. The van der Waals surface area contributed by atoms with Crippen LogP contribution in [0.15, 0.2) is 16.7 Å². The Morgan fingerprint density at radius 1 is 1.40 bits per heavy atom. The molecule has 0 spiro atoms. The van der Waals surface area contributed by atoms with Crippen molar-refractivity contribution in [2.75, 3.05) is 0 Å². The molecule has 1 atom stereocenters. The second-order valence-electron chi connectivity index (χ2n) is 4.88. The number of aliphatic hydroxyl groups excluding tert-OH is 1. The van der Waals surface area contributed by atoms with Gasteiger partial charge in [-0.15, -0.1) is 0 Å². The summed E-state index contributed by atoms with van der Waals surface area (Å²) in [5.74, 6) is 0. The summed E-state index contributed by atoms with van der Waals surface area (Å²) in [6, 6.07) is 1.88. The average molecular weight is 341 g/mol. The van der Waals surface area contributed by atoms with Crippen molar-refractivity contribution in [3.8, 4) is 0 Å². The van der Waals surface area contributed by atoms with E-state index in [1.807, 2.05) is 22.5 Å². The third-order valence-corrected chi connectivity index (χ3v) is 4.33. The van der Waals surface area contributed by atoms with E-state index < -0.39 is 6.10 Å². The maximum Gasteiger partial charge on any atom is 0.101 e. The van der Waals surface area contributed by atoms with Gasteiger partial charge in [-0.2, -0.15) is 10.2 Å². The normalized spacial score (nSPS) is 12.8. The number of halogens is 1. The van der Waals surface area contributed by atoms with Gasteiger partial charge in [0.15, 0.2) is 0 Å². The molecule has 2 heterocycles. The van der Waals surface area contributed by atoms with Crippen LogP contribution in [0.1, 0.15) is 43.5 Å². The lowest BCUT2D eigenvalue weighted by Crippen LogP contribution is -2.13. The molecular weight excluding hydrogens is 320 g/mol. The van der Waals surface area contributed by atoms with Crippen molar-refractivity contribution in [2.24, 2.45) is 7.05 Å². The molecule has 0 saturated heterocycles. The van der Waals surface area contributed by atoms with Crippen molar-refractivity contribution in [3.63, 3.8) is 0 Å². The van der Waals surface area contributed by atoms with Crippen LogP contribution in [-0.4, -0.2) is 24.7 Å². The monoisotopic (exact) mass is 340 g/mol. The van der Waals surface area contributed by atoms with Gasteiger partial charge >= 0.3 is 0 Å². The Labute approximate surface area is 127 Å². The summed E-state index contributed by atoms with van der Waals surface area (Å²) in [4.78, 5) is 0. The van der Waals surface area contributed by atoms with Crippen molar-refractivity contribution >= 4 is 15.9 Å². The van der Waals surface area contributed by atoms with Gasteiger partial charge in [0, 0.05) is 26.2 Å². The molecule has 0 aromatic carbocycles. The molecule has 1 N–H and O–H groups in total. The van der Waals surface area contributed by atoms with Crippen LogP contribution >= 0.6 is 15.9 Å². The summed E-state index contributed by atoms with van der Waals surface area (Å²) >= 11 is 3.59. The quantitative estimate of drug-likeness (QED) is 0.879. The zero-order valence-corrected chi connectivity index (χ0v) is 13.8. The minimum atomic E-state index is -0.569. The van der Waals surface area contributed by atoms with Crippen LogP contribution in [0.3, 0.4) is 0 Å². The number of hydrogen-bond acceptors (Lipinski definition) is 3. The Balaban J connectivity index is 2.21. The summed E-state index contributed by atoms with van der Waals surface area (Å²) in [5.41, 5.74) is 2.90. The van der Waals surface area contributed by atoms with Crippen molar-refractivity contribution in [1.29, 1.82) is 0 Å². The van der Waals surface area contributed by atoms with Gasteiger partial charge in [-0.1, -0.05) is 13.8 Å². The lowest BCUT2D eigenvalue weighted by molar-refractivity contribution is 0.164. The molecule has 2 rings (SSSR count). The fourth-order valence-corrected chi connectivity index (χ4v) is 3.13.